The normalized spacial score (nSPS) is 17.8. The second kappa shape index (κ2) is 5.42. The number of anilines is 1. The Balaban J connectivity index is 2.00. The number of rotatable bonds is 3. The fraction of sp³-hybridized carbons (Fsp3) is 0.800. The van der Waals surface area contributed by atoms with Crippen LogP contribution in [0.4, 0.5) is 5.13 Å². The SMILES string of the molecule is NCCc1nnc(N2CCCCCC2)s1. The third kappa shape index (κ3) is 2.89. The first-order chi connectivity index (χ1) is 7.40. The largest absolute Gasteiger partial charge is 0.347 e. The molecule has 0 spiro atoms. The lowest BCUT2D eigenvalue weighted by Gasteiger charge is -2.17. The molecule has 4 nitrogen and oxygen atoms in total. The molecule has 0 aliphatic carbocycles. The smallest absolute Gasteiger partial charge is 0.208 e. The van der Waals surface area contributed by atoms with Crippen molar-refractivity contribution in [2.24, 2.45) is 5.73 Å². The van der Waals surface area contributed by atoms with E-state index in [1.54, 1.807) is 11.3 Å². The van der Waals surface area contributed by atoms with E-state index in [1.165, 1.54) is 25.7 Å². The lowest BCUT2D eigenvalue weighted by Crippen LogP contribution is -2.23. The second-order valence-corrected chi connectivity index (χ2v) is 4.96. The van der Waals surface area contributed by atoms with Crippen molar-refractivity contribution in [1.29, 1.82) is 0 Å². The van der Waals surface area contributed by atoms with Crippen LogP contribution in [0.25, 0.3) is 0 Å². The molecule has 1 fully saturated rings. The molecule has 1 aliphatic heterocycles. The van der Waals surface area contributed by atoms with Gasteiger partial charge < -0.3 is 10.6 Å². The van der Waals surface area contributed by atoms with E-state index >= 15 is 0 Å². The van der Waals surface area contributed by atoms with Crippen molar-refractivity contribution in [3.8, 4) is 0 Å². The quantitative estimate of drug-likeness (QED) is 0.847. The highest BCUT2D eigenvalue weighted by Gasteiger charge is 2.13. The van der Waals surface area contributed by atoms with Gasteiger partial charge in [-0.15, -0.1) is 10.2 Å². The zero-order valence-corrected chi connectivity index (χ0v) is 9.80. The Morgan fingerprint density at radius 3 is 2.53 bits per heavy atom. The van der Waals surface area contributed by atoms with E-state index in [2.05, 4.69) is 15.1 Å². The van der Waals surface area contributed by atoms with Gasteiger partial charge in [0.05, 0.1) is 0 Å². The molecule has 1 saturated heterocycles. The van der Waals surface area contributed by atoms with E-state index in [1.807, 2.05) is 0 Å². The number of hydrogen-bond donors (Lipinski definition) is 1. The number of hydrogen-bond acceptors (Lipinski definition) is 5. The first kappa shape index (κ1) is 10.8. The molecule has 15 heavy (non-hydrogen) atoms. The van der Waals surface area contributed by atoms with Crippen molar-refractivity contribution in [2.75, 3.05) is 24.5 Å². The molecule has 84 valence electrons. The van der Waals surface area contributed by atoms with Crippen LogP contribution in [0, 0.1) is 0 Å². The molecule has 0 amide bonds. The molecule has 1 aromatic rings. The minimum Gasteiger partial charge on any atom is -0.347 e. The standard InChI is InChI=1S/C10H18N4S/c11-6-5-9-12-13-10(15-9)14-7-3-1-2-4-8-14/h1-8,11H2. The van der Waals surface area contributed by atoms with Crippen LogP contribution >= 0.6 is 11.3 Å². The van der Waals surface area contributed by atoms with E-state index < -0.39 is 0 Å². The van der Waals surface area contributed by atoms with Crippen LogP contribution in [-0.2, 0) is 6.42 Å². The molecule has 2 heterocycles. The fourth-order valence-corrected chi connectivity index (χ4v) is 2.76. The van der Waals surface area contributed by atoms with Gasteiger partial charge in [-0.25, -0.2) is 0 Å². The molecule has 1 aromatic heterocycles. The van der Waals surface area contributed by atoms with Crippen LogP contribution in [0.1, 0.15) is 30.7 Å². The predicted octanol–water partition coefficient (Wildman–Crippen LogP) is 1.42. The molecule has 0 aromatic carbocycles. The molecule has 2 rings (SSSR count). The zero-order valence-electron chi connectivity index (χ0n) is 8.98. The van der Waals surface area contributed by atoms with Gasteiger partial charge in [-0.05, 0) is 19.4 Å². The molecular weight excluding hydrogens is 208 g/mol. The van der Waals surface area contributed by atoms with Crippen LogP contribution in [-0.4, -0.2) is 29.8 Å². The Kier molecular flexibility index (Phi) is 3.91. The summed E-state index contributed by atoms with van der Waals surface area (Å²) in [4.78, 5) is 2.37. The summed E-state index contributed by atoms with van der Waals surface area (Å²) < 4.78 is 0. The van der Waals surface area contributed by atoms with Gasteiger partial charge in [0.2, 0.25) is 5.13 Å². The summed E-state index contributed by atoms with van der Waals surface area (Å²) in [5, 5.41) is 10.5. The van der Waals surface area contributed by atoms with Gasteiger partial charge in [0.15, 0.2) is 0 Å². The van der Waals surface area contributed by atoms with Crippen molar-refractivity contribution in [1.82, 2.24) is 10.2 Å². The van der Waals surface area contributed by atoms with Crippen LogP contribution < -0.4 is 10.6 Å². The zero-order chi connectivity index (χ0) is 10.5. The number of nitrogens with zero attached hydrogens (tertiary/aromatic N) is 3. The Labute approximate surface area is 94.5 Å². The molecule has 0 saturated carbocycles. The van der Waals surface area contributed by atoms with Gasteiger partial charge in [0, 0.05) is 19.5 Å². The summed E-state index contributed by atoms with van der Waals surface area (Å²) in [5.74, 6) is 0. The van der Waals surface area contributed by atoms with Crippen molar-refractivity contribution in [2.45, 2.75) is 32.1 Å². The minimum absolute atomic E-state index is 0.661. The van der Waals surface area contributed by atoms with E-state index in [-0.39, 0.29) is 0 Å². The highest BCUT2D eigenvalue weighted by molar-refractivity contribution is 7.15. The predicted molar refractivity (Wildman–Crippen MR) is 63.3 cm³/mol. The average Bonchev–Trinajstić information content (AvgIpc) is 2.53. The average molecular weight is 226 g/mol. The number of nitrogens with two attached hydrogens (primary N) is 1. The van der Waals surface area contributed by atoms with E-state index in [4.69, 9.17) is 5.73 Å². The van der Waals surface area contributed by atoms with Crippen molar-refractivity contribution < 1.29 is 0 Å². The van der Waals surface area contributed by atoms with Crippen molar-refractivity contribution >= 4 is 16.5 Å². The van der Waals surface area contributed by atoms with Crippen LogP contribution in [0.3, 0.4) is 0 Å². The summed E-state index contributed by atoms with van der Waals surface area (Å²) in [6.07, 6.45) is 6.12. The van der Waals surface area contributed by atoms with Gasteiger partial charge in [-0.2, -0.15) is 0 Å². The van der Waals surface area contributed by atoms with Crippen molar-refractivity contribution in [3.63, 3.8) is 0 Å². The van der Waals surface area contributed by atoms with Gasteiger partial charge >= 0.3 is 0 Å². The van der Waals surface area contributed by atoms with Crippen LogP contribution in [0.15, 0.2) is 0 Å². The lowest BCUT2D eigenvalue weighted by atomic mass is 10.2. The second-order valence-electron chi connectivity index (χ2n) is 3.92. The fourth-order valence-electron chi connectivity index (χ4n) is 1.86. The Morgan fingerprint density at radius 1 is 1.13 bits per heavy atom. The Morgan fingerprint density at radius 2 is 1.87 bits per heavy atom. The Bertz CT molecular complexity index is 291. The molecule has 0 atom stereocenters. The maximum absolute atomic E-state index is 5.50. The highest BCUT2D eigenvalue weighted by Crippen LogP contribution is 2.23. The summed E-state index contributed by atoms with van der Waals surface area (Å²) in [6, 6.07) is 0. The van der Waals surface area contributed by atoms with Crippen LogP contribution in [0.2, 0.25) is 0 Å². The van der Waals surface area contributed by atoms with Crippen LogP contribution in [0.5, 0.6) is 0 Å². The van der Waals surface area contributed by atoms with E-state index in [0.29, 0.717) is 6.54 Å². The van der Waals surface area contributed by atoms with Gasteiger partial charge in [-0.3, -0.25) is 0 Å². The van der Waals surface area contributed by atoms with Gasteiger partial charge in [0.1, 0.15) is 5.01 Å². The summed E-state index contributed by atoms with van der Waals surface area (Å²) in [7, 11) is 0. The molecular formula is C10H18N4S. The summed E-state index contributed by atoms with van der Waals surface area (Å²) in [5.41, 5.74) is 5.50. The maximum Gasteiger partial charge on any atom is 0.208 e. The van der Waals surface area contributed by atoms with Crippen molar-refractivity contribution in [3.05, 3.63) is 5.01 Å². The molecule has 0 unspecified atom stereocenters. The van der Waals surface area contributed by atoms with Gasteiger partial charge in [0.25, 0.3) is 0 Å². The molecule has 5 heteroatoms. The van der Waals surface area contributed by atoms with Gasteiger partial charge in [-0.1, -0.05) is 24.2 Å². The third-order valence-corrected chi connectivity index (χ3v) is 3.73. The molecule has 2 N–H and O–H groups in total. The third-order valence-electron chi connectivity index (χ3n) is 2.69. The monoisotopic (exact) mass is 226 g/mol. The summed E-state index contributed by atoms with van der Waals surface area (Å²) in [6.45, 7) is 2.93. The summed E-state index contributed by atoms with van der Waals surface area (Å²) >= 11 is 1.70. The van der Waals surface area contributed by atoms with E-state index in [9.17, 15) is 0 Å². The Hall–Kier alpha value is -0.680. The lowest BCUT2D eigenvalue weighted by molar-refractivity contribution is 0.726. The van der Waals surface area contributed by atoms with E-state index in [0.717, 1.165) is 29.6 Å². The molecule has 1 aliphatic rings. The molecule has 0 radical (unpaired) electrons. The minimum atomic E-state index is 0.661. The topological polar surface area (TPSA) is 55.0 Å². The first-order valence-electron chi connectivity index (χ1n) is 5.67. The molecule has 0 bridgehead atoms. The maximum atomic E-state index is 5.50. The highest BCUT2D eigenvalue weighted by atomic mass is 32.1. The first-order valence-corrected chi connectivity index (χ1v) is 6.49. The number of aromatic nitrogens is 2.